The van der Waals surface area contributed by atoms with E-state index in [1.165, 1.54) is 25.3 Å². The van der Waals surface area contributed by atoms with Gasteiger partial charge >= 0.3 is 0 Å². The van der Waals surface area contributed by atoms with Crippen LogP contribution in [0.4, 0.5) is 5.69 Å². The van der Waals surface area contributed by atoms with Crippen molar-refractivity contribution in [3.63, 3.8) is 0 Å². The first-order valence-corrected chi connectivity index (χ1v) is 8.90. The maximum absolute atomic E-state index is 12.4. The summed E-state index contributed by atoms with van der Waals surface area (Å²) in [5, 5.41) is 2.61. The number of ether oxygens (including phenoxy) is 1. The summed E-state index contributed by atoms with van der Waals surface area (Å²) >= 11 is 12.4. The summed E-state index contributed by atoms with van der Waals surface area (Å²) in [6.07, 6.45) is 3.15. The largest absolute Gasteiger partial charge is 0.482 e. The zero-order valence-electron chi connectivity index (χ0n) is 15.3. The number of carbonyl (C=O) groups excluding carboxylic acids is 2. The number of nitrogens with zero attached hydrogens (tertiary/aromatic N) is 1. The van der Waals surface area contributed by atoms with Gasteiger partial charge in [-0.1, -0.05) is 41.4 Å². The number of hydrogen-bond acceptors (Lipinski definition) is 4. The SMILES string of the molecule is CNC(=O)COc1ccc(C(=O)C=Cc2ccc(N(C)C)cc2)c(Cl)c1Cl. The van der Waals surface area contributed by atoms with E-state index in [9.17, 15) is 9.59 Å². The van der Waals surface area contributed by atoms with E-state index >= 15 is 0 Å². The van der Waals surface area contributed by atoms with Gasteiger partial charge in [-0.05, 0) is 35.9 Å². The van der Waals surface area contributed by atoms with E-state index in [4.69, 9.17) is 27.9 Å². The molecule has 0 heterocycles. The minimum Gasteiger partial charge on any atom is -0.482 e. The molecule has 0 saturated heterocycles. The molecule has 1 amide bonds. The van der Waals surface area contributed by atoms with Gasteiger partial charge in [-0.15, -0.1) is 0 Å². The number of likely N-dealkylation sites (N-methyl/N-ethyl adjacent to an activating group) is 1. The van der Waals surface area contributed by atoms with Gasteiger partial charge in [-0.2, -0.15) is 0 Å². The monoisotopic (exact) mass is 406 g/mol. The fraction of sp³-hybridized carbons (Fsp3) is 0.200. The molecule has 0 radical (unpaired) electrons. The highest BCUT2D eigenvalue weighted by molar-refractivity contribution is 6.45. The van der Waals surface area contributed by atoms with Crippen molar-refractivity contribution in [3.05, 3.63) is 63.6 Å². The van der Waals surface area contributed by atoms with E-state index < -0.39 is 0 Å². The van der Waals surface area contributed by atoms with Crippen LogP contribution in [0.3, 0.4) is 0 Å². The Kier molecular flexibility index (Phi) is 7.28. The summed E-state index contributed by atoms with van der Waals surface area (Å²) in [5.74, 6) is -0.341. The van der Waals surface area contributed by atoms with Gasteiger partial charge in [-0.25, -0.2) is 0 Å². The number of nitrogens with one attached hydrogen (secondary N) is 1. The van der Waals surface area contributed by atoms with Gasteiger partial charge in [0.15, 0.2) is 12.4 Å². The van der Waals surface area contributed by atoms with E-state index in [2.05, 4.69) is 5.32 Å². The number of benzene rings is 2. The molecule has 0 aliphatic heterocycles. The molecule has 2 rings (SSSR count). The van der Waals surface area contributed by atoms with Crippen LogP contribution in [-0.4, -0.2) is 39.4 Å². The van der Waals surface area contributed by atoms with E-state index in [1.807, 2.05) is 43.3 Å². The molecule has 1 N–H and O–H groups in total. The summed E-state index contributed by atoms with van der Waals surface area (Å²) in [5.41, 5.74) is 2.22. The predicted octanol–water partition coefficient (Wildman–Crippen LogP) is 4.08. The lowest BCUT2D eigenvalue weighted by molar-refractivity contribution is -0.122. The predicted molar refractivity (Wildman–Crippen MR) is 110 cm³/mol. The molecule has 5 nitrogen and oxygen atoms in total. The maximum Gasteiger partial charge on any atom is 0.257 e. The minimum absolute atomic E-state index is 0.0867. The van der Waals surface area contributed by atoms with Crippen LogP contribution in [0.1, 0.15) is 15.9 Å². The van der Waals surface area contributed by atoms with E-state index in [0.29, 0.717) is 0 Å². The third-order valence-corrected chi connectivity index (χ3v) is 4.65. The van der Waals surface area contributed by atoms with Crippen molar-refractivity contribution in [2.24, 2.45) is 0 Å². The van der Waals surface area contributed by atoms with Crippen molar-refractivity contribution in [1.29, 1.82) is 0 Å². The van der Waals surface area contributed by atoms with Crippen LogP contribution in [0.25, 0.3) is 6.08 Å². The lowest BCUT2D eigenvalue weighted by Crippen LogP contribution is -2.24. The van der Waals surface area contributed by atoms with Gasteiger partial charge in [0.05, 0.1) is 5.02 Å². The molecule has 7 heteroatoms. The van der Waals surface area contributed by atoms with Crippen LogP contribution in [0.2, 0.25) is 10.0 Å². The second-order valence-corrected chi connectivity index (χ2v) is 6.64. The first-order valence-electron chi connectivity index (χ1n) is 8.14. The average Bonchev–Trinajstić information content (AvgIpc) is 2.67. The number of halogens is 2. The number of hydrogen-bond donors (Lipinski definition) is 1. The van der Waals surface area contributed by atoms with Crippen molar-refractivity contribution in [2.75, 3.05) is 32.6 Å². The molecule has 0 unspecified atom stereocenters. The first-order chi connectivity index (χ1) is 12.8. The van der Waals surface area contributed by atoms with Crippen molar-refractivity contribution in [1.82, 2.24) is 5.32 Å². The average molecular weight is 407 g/mol. The minimum atomic E-state index is -0.300. The molecule has 0 spiro atoms. The van der Waals surface area contributed by atoms with Crippen molar-refractivity contribution in [3.8, 4) is 5.75 Å². The summed E-state index contributed by atoms with van der Waals surface area (Å²) in [6.45, 7) is -0.192. The summed E-state index contributed by atoms with van der Waals surface area (Å²) in [6, 6.07) is 10.8. The number of ketones is 1. The highest BCUT2D eigenvalue weighted by atomic mass is 35.5. The molecule has 0 bridgehead atoms. The van der Waals surface area contributed by atoms with Crippen molar-refractivity contribution in [2.45, 2.75) is 0 Å². The standard InChI is InChI=1S/C20H20Cl2N2O3/c1-23-18(26)12-27-17-11-9-15(19(21)20(17)22)16(25)10-6-13-4-7-14(8-5-13)24(2)3/h4-11H,12H2,1-3H3,(H,23,26). The molecule has 0 atom stereocenters. The second-order valence-electron chi connectivity index (χ2n) is 5.88. The Morgan fingerprint density at radius 2 is 1.74 bits per heavy atom. The Morgan fingerprint density at radius 3 is 2.33 bits per heavy atom. The van der Waals surface area contributed by atoms with Gasteiger partial charge in [0, 0.05) is 32.4 Å². The zero-order valence-corrected chi connectivity index (χ0v) is 16.8. The number of allylic oxidation sites excluding steroid dienone is 1. The molecule has 2 aromatic rings. The maximum atomic E-state index is 12.4. The molecule has 0 aliphatic rings. The topological polar surface area (TPSA) is 58.6 Å². The fourth-order valence-corrected chi connectivity index (χ4v) is 2.66. The van der Waals surface area contributed by atoms with Crippen LogP contribution in [-0.2, 0) is 4.79 Å². The number of carbonyl (C=O) groups is 2. The second kappa shape index (κ2) is 9.44. The Bertz CT molecular complexity index is 862. The number of amides is 1. The van der Waals surface area contributed by atoms with E-state index in [0.717, 1.165) is 11.3 Å². The molecule has 0 fully saturated rings. The smallest absolute Gasteiger partial charge is 0.257 e. The van der Waals surface area contributed by atoms with Gasteiger partial charge < -0.3 is 15.0 Å². The van der Waals surface area contributed by atoms with Crippen molar-refractivity contribution < 1.29 is 14.3 Å². The molecule has 0 aliphatic carbocycles. The summed E-state index contributed by atoms with van der Waals surface area (Å²) in [4.78, 5) is 25.7. The number of rotatable bonds is 7. The Labute approximate surface area is 168 Å². The van der Waals surface area contributed by atoms with Crippen molar-refractivity contribution >= 4 is 46.7 Å². The third kappa shape index (κ3) is 5.49. The molecule has 0 saturated carbocycles. The van der Waals surface area contributed by atoms with Crippen LogP contribution in [0, 0.1) is 0 Å². The van der Waals surface area contributed by atoms with Gasteiger partial charge in [0.2, 0.25) is 0 Å². The highest BCUT2D eigenvalue weighted by Crippen LogP contribution is 2.35. The Morgan fingerprint density at radius 1 is 1.07 bits per heavy atom. The highest BCUT2D eigenvalue weighted by Gasteiger charge is 2.15. The Hall–Kier alpha value is -2.50. The van der Waals surface area contributed by atoms with Gasteiger partial charge in [-0.3, -0.25) is 9.59 Å². The number of anilines is 1. The van der Waals surface area contributed by atoms with Crippen LogP contribution >= 0.6 is 23.2 Å². The molecule has 27 heavy (non-hydrogen) atoms. The quantitative estimate of drug-likeness (QED) is 0.555. The van der Waals surface area contributed by atoms with Crippen LogP contribution in [0.5, 0.6) is 5.75 Å². The molecular formula is C20H20Cl2N2O3. The van der Waals surface area contributed by atoms with Gasteiger partial charge in [0.25, 0.3) is 5.91 Å². The molecule has 142 valence electrons. The molecular weight excluding hydrogens is 387 g/mol. The molecule has 0 aromatic heterocycles. The van der Waals surface area contributed by atoms with E-state index in [1.54, 1.807) is 6.08 Å². The van der Waals surface area contributed by atoms with Crippen LogP contribution < -0.4 is 15.0 Å². The third-order valence-electron chi connectivity index (χ3n) is 3.79. The Balaban J connectivity index is 2.13. The fourth-order valence-electron chi connectivity index (χ4n) is 2.19. The summed E-state index contributed by atoms with van der Waals surface area (Å²) in [7, 11) is 5.42. The summed E-state index contributed by atoms with van der Waals surface area (Å²) < 4.78 is 5.30. The lowest BCUT2D eigenvalue weighted by Gasteiger charge is -2.11. The molecule has 2 aromatic carbocycles. The first kappa shape index (κ1) is 20.8. The van der Waals surface area contributed by atoms with Crippen LogP contribution in [0.15, 0.2) is 42.5 Å². The lowest BCUT2D eigenvalue weighted by atomic mass is 10.1. The normalized spacial score (nSPS) is 10.7. The van der Waals surface area contributed by atoms with Gasteiger partial charge in [0.1, 0.15) is 10.8 Å². The zero-order chi connectivity index (χ0) is 20.0. The van der Waals surface area contributed by atoms with E-state index in [-0.39, 0.29) is 39.7 Å².